The average molecular weight is 266 g/mol. The molecule has 1 aliphatic rings. The van der Waals surface area contributed by atoms with Gasteiger partial charge in [-0.1, -0.05) is 0 Å². The Labute approximate surface area is 112 Å². The first-order valence-corrected chi connectivity index (χ1v) is 6.59. The molecule has 0 aromatic heterocycles. The van der Waals surface area contributed by atoms with Gasteiger partial charge < -0.3 is 15.3 Å². The van der Waals surface area contributed by atoms with E-state index in [1.165, 1.54) is 12.1 Å². The number of benzene rings is 1. The number of amides is 1. The van der Waals surface area contributed by atoms with E-state index in [1.807, 2.05) is 0 Å². The number of anilines is 1. The molecule has 0 saturated carbocycles. The van der Waals surface area contributed by atoms with Gasteiger partial charge in [0.15, 0.2) is 0 Å². The Kier molecular flexibility index (Phi) is 4.87. The molecule has 2 rings (SSSR count). The van der Waals surface area contributed by atoms with Gasteiger partial charge in [-0.25, -0.2) is 4.39 Å². The Morgan fingerprint density at radius 3 is 2.58 bits per heavy atom. The van der Waals surface area contributed by atoms with Crippen molar-refractivity contribution in [2.45, 2.75) is 25.4 Å². The SMILES string of the molecule is O=C(CCN1CCC(O)CC1)Nc1ccc(F)cc1. The molecule has 1 saturated heterocycles. The van der Waals surface area contributed by atoms with Gasteiger partial charge in [0.2, 0.25) is 5.91 Å². The number of carbonyl (C=O) groups excluding carboxylic acids is 1. The average Bonchev–Trinajstić information content (AvgIpc) is 2.41. The molecule has 1 fully saturated rings. The first kappa shape index (κ1) is 14.0. The minimum Gasteiger partial charge on any atom is -0.393 e. The number of aliphatic hydroxyl groups is 1. The summed E-state index contributed by atoms with van der Waals surface area (Å²) in [4.78, 5) is 13.9. The largest absolute Gasteiger partial charge is 0.393 e. The molecule has 0 radical (unpaired) electrons. The van der Waals surface area contributed by atoms with E-state index in [9.17, 15) is 14.3 Å². The topological polar surface area (TPSA) is 52.6 Å². The van der Waals surface area contributed by atoms with Crippen LogP contribution in [0.25, 0.3) is 0 Å². The number of nitrogens with zero attached hydrogens (tertiary/aromatic N) is 1. The van der Waals surface area contributed by atoms with Crippen molar-refractivity contribution in [3.63, 3.8) is 0 Å². The summed E-state index contributed by atoms with van der Waals surface area (Å²) in [5.41, 5.74) is 0.612. The predicted molar refractivity (Wildman–Crippen MR) is 71.3 cm³/mol. The number of hydrogen-bond donors (Lipinski definition) is 2. The summed E-state index contributed by atoms with van der Waals surface area (Å²) in [5.74, 6) is -0.386. The van der Waals surface area contributed by atoms with Crippen LogP contribution in [-0.2, 0) is 4.79 Å². The number of nitrogens with one attached hydrogen (secondary N) is 1. The van der Waals surface area contributed by atoms with Gasteiger partial charge in [-0.2, -0.15) is 0 Å². The molecule has 0 bridgehead atoms. The zero-order valence-electron chi connectivity index (χ0n) is 10.8. The highest BCUT2D eigenvalue weighted by Crippen LogP contribution is 2.11. The molecule has 104 valence electrons. The second-order valence-corrected chi connectivity index (χ2v) is 4.88. The first-order valence-electron chi connectivity index (χ1n) is 6.59. The van der Waals surface area contributed by atoms with E-state index in [2.05, 4.69) is 10.2 Å². The molecule has 1 aromatic carbocycles. The molecule has 5 heteroatoms. The van der Waals surface area contributed by atoms with Crippen LogP contribution in [0.15, 0.2) is 24.3 Å². The fraction of sp³-hybridized carbons (Fsp3) is 0.500. The first-order chi connectivity index (χ1) is 9.13. The Morgan fingerprint density at radius 1 is 1.32 bits per heavy atom. The van der Waals surface area contributed by atoms with Crippen molar-refractivity contribution in [2.24, 2.45) is 0 Å². The third-order valence-electron chi connectivity index (χ3n) is 3.34. The third kappa shape index (κ3) is 4.61. The van der Waals surface area contributed by atoms with Crippen LogP contribution in [0, 0.1) is 5.82 Å². The van der Waals surface area contributed by atoms with Gasteiger partial charge in [-0.15, -0.1) is 0 Å². The van der Waals surface area contributed by atoms with Crippen LogP contribution in [0.1, 0.15) is 19.3 Å². The van der Waals surface area contributed by atoms with Crippen LogP contribution >= 0.6 is 0 Å². The summed E-state index contributed by atoms with van der Waals surface area (Å²) in [6, 6.07) is 5.73. The predicted octanol–water partition coefficient (Wildman–Crippen LogP) is 1.61. The highest BCUT2D eigenvalue weighted by molar-refractivity contribution is 5.90. The summed E-state index contributed by atoms with van der Waals surface area (Å²) in [5, 5.41) is 12.1. The van der Waals surface area contributed by atoms with Gasteiger partial charge in [0.05, 0.1) is 6.10 Å². The molecule has 19 heavy (non-hydrogen) atoms. The number of carbonyl (C=O) groups is 1. The maximum absolute atomic E-state index is 12.7. The maximum Gasteiger partial charge on any atom is 0.225 e. The number of rotatable bonds is 4. The molecule has 0 spiro atoms. The van der Waals surface area contributed by atoms with Crippen molar-refractivity contribution in [2.75, 3.05) is 25.0 Å². The third-order valence-corrected chi connectivity index (χ3v) is 3.34. The lowest BCUT2D eigenvalue weighted by molar-refractivity contribution is -0.116. The lowest BCUT2D eigenvalue weighted by atomic mass is 10.1. The van der Waals surface area contributed by atoms with E-state index in [-0.39, 0.29) is 17.8 Å². The molecule has 1 aromatic rings. The second-order valence-electron chi connectivity index (χ2n) is 4.88. The van der Waals surface area contributed by atoms with Gasteiger partial charge in [-0.05, 0) is 37.1 Å². The monoisotopic (exact) mass is 266 g/mol. The van der Waals surface area contributed by atoms with Crippen molar-refractivity contribution in [3.05, 3.63) is 30.1 Å². The molecule has 1 amide bonds. The molecule has 1 heterocycles. The van der Waals surface area contributed by atoms with Crippen molar-refractivity contribution in [3.8, 4) is 0 Å². The van der Waals surface area contributed by atoms with Crippen LogP contribution in [0.4, 0.5) is 10.1 Å². The minimum atomic E-state index is -0.315. The molecule has 4 nitrogen and oxygen atoms in total. The Bertz CT molecular complexity index is 414. The van der Waals surface area contributed by atoms with Gasteiger partial charge >= 0.3 is 0 Å². The van der Waals surface area contributed by atoms with Gasteiger partial charge in [-0.3, -0.25) is 4.79 Å². The van der Waals surface area contributed by atoms with Crippen LogP contribution < -0.4 is 5.32 Å². The van der Waals surface area contributed by atoms with Crippen LogP contribution in [0.3, 0.4) is 0 Å². The van der Waals surface area contributed by atoms with E-state index < -0.39 is 0 Å². The molecule has 1 aliphatic heterocycles. The smallest absolute Gasteiger partial charge is 0.225 e. The van der Waals surface area contributed by atoms with Crippen molar-refractivity contribution < 1.29 is 14.3 Å². The molecule has 0 unspecified atom stereocenters. The molecular formula is C14H19FN2O2. The lowest BCUT2D eigenvalue weighted by Crippen LogP contribution is -2.37. The van der Waals surface area contributed by atoms with Crippen molar-refractivity contribution in [1.82, 2.24) is 4.90 Å². The van der Waals surface area contributed by atoms with Crippen molar-refractivity contribution >= 4 is 11.6 Å². The number of hydrogen-bond acceptors (Lipinski definition) is 3. The van der Waals surface area contributed by atoms with E-state index in [0.717, 1.165) is 25.9 Å². The normalized spacial score (nSPS) is 17.4. The number of likely N-dealkylation sites (tertiary alicyclic amines) is 1. The Hall–Kier alpha value is -1.46. The Balaban J connectivity index is 1.71. The quantitative estimate of drug-likeness (QED) is 0.870. The van der Waals surface area contributed by atoms with Crippen LogP contribution in [0.5, 0.6) is 0 Å². The van der Waals surface area contributed by atoms with Crippen molar-refractivity contribution in [1.29, 1.82) is 0 Å². The van der Waals surface area contributed by atoms with E-state index >= 15 is 0 Å². The summed E-state index contributed by atoms with van der Waals surface area (Å²) in [7, 11) is 0. The molecule has 0 aliphatic carbocycles. The van der Waals surface area contributed by atoms with Gasteiger partial charge in [0, 0.05) is 31.7 Å². The van der Waals surface area contributed by atoms with Crippen LogP contribution in [-0.4, -0.2) is 41.7 Å². The van der Waals surface area contributed by atoms with E-state index in [4.69, 9.17) is 0 Å². The summed E-state index contributed by atoms with van der Waals surface area (Å²) < 4.78 is 12.7. The lowest BCUT2D eigenvalue weighted by Gasteiger charge is -2.29. The molecule has 0 atom stereocenters. The fourth-order valence-electron chi connectivity index (χ4n) is 2.16. The number of piperidine rings is 1. The zero-order valence-corrected chi connectivity index (χ0v) is 10.8. The standard InChI is InChI=1S/C14H19FN2O2/c15-11-1-3-12(4-2-11)16-14(19)7-10-17-8-5-13(18)6-9-17/h1-4,13,18H,5-10H2,(H,16,19). The number of aliphatic hydroxyl groups excluding tert-OH is 1. The minimum absolute atomic E-state index is 0.0715. The Morgan fingerprint density at radius 2 is 1.95 bits per heavy atom. The molecule has 2 N–H and O–H groups in total. The van der Waals surface area contributed by atoms with E-state index in [0.29, 0.717) is 18.7 Å². The summed E-state index contributed by atoms with van der Waals surface area (Å²) in [6.45, 7) is 2.37. The van der Waals surface area contributed by atoms with Crippen LogP contribution in [0.2, 0.25) is 0 Å². The summed E-state index contributed by atoms with van der Waals surface area (Å²) >= 11 is 0. The summed E-state index contributed by atoms with van der Waals surface area (Å²) in [6.07, 6.45) is 1.77. The second kappa shape index (κ2) is 6.63. The van der Waals surface area contributed by atoms with Gasteiger partial charge in [0.25, 0.3) is 0 Å². The highest BCUT2D eigenvalue weighted by atomic mass is 19.1. The highest BCUT2D eigenvalue weighted by Gasteiger charge is 2.17. The maximum atomic E-state index is 12.7. The fourth-order valence-corrected chi connectivity index (χ4v) is 2.16. The molecular weight excluding hydrogens is 247 g/mol. The zero-order chi connectivity index (χ0) is 13.7. The van der Waals surface area contributed by atoms with E-state index in [1.54, 1.807) is 12.1 Å². The van der Waals surface area contributed by atoms with Gasteiger partial charge in [0.1, 0.15) is 5.82 Å². The number of halogens is 1.